The van der Waals surface area contributed by atoms with Gasteiger partial charge in [-0.2, -0.15) is 0 Å². The summed E-state index contributed by atoms with van der Waals surface area (Å²) in [7, 11) is 0. The topological polar surface area (TPSA) is 21.3 Å². The van der Waals surface area contributed by atoms with E-state index in [0.717, 1.165) is 12.2 Å². The minimum Gasteiger partial charge on any atom is -0.489 e. The number of hydrogen-bond acceptors (Lipinski definition) is 2. The number of nitrogens with one attached hydrogen (secondary N) is 1. The quantitative estimate of drug-likeness (QED) is 0.801. The minimum absolute atomic E-state index is 0.0502. The molecule has 0 aliphatic rings. The van der Waals surface area contributed by atoms with E-state index < -0.39 is 0 Å². The number of benzene rings is 1. The molecule has 14 heavy (non-hydrogen) atoms. The van der Waals surface area contributed by atoms with Crippen LogP contribution in [0.4, 0.5) is 10.1 Å². The molecule has 0 atom stereocenters. The molecule has 0 saturated carbocycles. The van der Waals surface area contributed by atoms with Crippen molar-refractivity contribution < 1.29 is 9.13 Å². The lowest BCUT2D eigenvalue weighted by Crippen LogP contribution is -2.08. The van der Waals surface area contributed by atoms with Crippen molar-refractivity contribution in [2.24, 2.45) is 0 Å². The van der Waals surface area contributed by atoms with Crippen LogP contribution in [-0.4, -0.2) is 12.6 Å². The largest absolute Gasteiger partial charge is 0.489 e. The minimum atomic E-state index is -0.276. The average molecular weight is 197 g/mol. The second kappa shape index (κ2) is 4.84. The first kappa shape index (κ1) is 10.8. The Morgan fingerprint density at radius 3 is 2.71 bits per heavy atom. The van der Waals surface area contributed by atoms with Gasteiger partial charge in [-0.25, -0.2) is 4.39 Å². The van der Waals surface area contributed by atoms with E-state index in [1.807, 2.05) is 20.8 Å². The molecule has 1 rings (SSSR count). The summed E-state index contributed by atoms with van der Waals surface area (Å²) in [6.07, 6.45) is 0.0502. The molecule has 0 aliphatic heterocycles. The molecular formula is C11H16FNO. The van der Waals surface area contributed by atoms with Crippen molar-refractivity contribution in [1.82, 2.24) is 0 Å². The summed E-state index contributed by atoms with van der Waals surface area (Å²) in [5.74, 6) is 0.296. The third kappa shape index (κ3) is 2.91. The molecule has 0 bridgehead atoms. The fourth-order valence-electron chi connectivity index (χ4n) is 1.18. The van der Waals surface area contributed by atoms with Crippen molar-refractivity contribution in [3.63, 3.8) is 0 Å². The van der Waals surface area contributed by atoms with Gasteiger partial charge in [0.1, 0.15) is 11.6 Å². The molecule has 1 aromatic rings. The second-order valence-corrected chi connectivity index (χ2v) is 3.34. The van der Waals surface area contributed by atoms with E-state index in [4.69, 9.17) is 4.74 Å². The van der Waals surface area contributed by atoms with Gasteiger partial charge in [0.2, 0.25) is 0 Å². The normalized spacial score (nSPS) is 10.4. The molecule has 0 heterocycles. The van der Waals surface area contributed by atoms with Gasteiger partial charge in [-0.1, -0.05) is 0 Å². The molecule has 0 unspecified atom stereocenters. The zero-order chi connectivity index (χ0) is 10.6. The maximum absolute atomic E-state index is 12.9. The molecule has 3 heteroatoms. The maximum atomic E-state index is 12.9. The summed E-state index contributed by atoms with van der Waals surface area (Å²) >= 11 is 0. The van der Waals surface area contributed by atoms with Crippen LogP contribution in [0.15, 0.2) is 18.2 Å². The standard InChI is InChI=1S/C11H16FNO/c1-4-13-10-6-5-9(12)7-11(10)14-8(2)3/h5-8,13H,4H2,1-3H3. The molecule has 0 aliphatic carbocycles. The van der Waals surface area contributed by atoms with Crippen LogP contribution in [0.1, 0.15) is 20.8 Å². The molecule has 78 valence electrons. The molecule has 1 aromatic carbocycles. The van der Waals surface area contributed by atoms with Gasteiger partial charge in [0, 0.05) is 12.6 Å². The van der Waals surface area contributed by atoms with Crippen LogP contribution in [-0.2, 0) is 0 Å². The van der Waals surface area contributed by atoms with Gasteiger partial charge >= 0.3 is 0 Å². The van der Waals surface area contributed by atoms with Crippen molar-refractivity contribution in [3.8, 4) is 5.75 Å². The number of rotatable bonds is 4. The van der Waals surface area contributed by atoms with E-state index in [0.29, 0.717) is 5.75 Å². The Bertz CT molecular complexity index is 299. The maximum Gasteiger partial charge on any atom is 0.145 e. The van der Waals surface area contributed by atoms with Gasteiger partial charge in [-0.05, 0) is 32.9 Å². The van der Waals surface area contributed by atoms with Gasteiger partial charge < -0.3 is 10.1 Å². The first-order valence-electron chi connectivity index (χ1n) is 4.83. The van der Waals surface area contributed by atoms with Crippen LogP contribution in [0, 0.1) is 5.82 Å². The first-order valence-corrected chi connectivity index (χ1v) is 4.83. The number of halogens is 1. The van der Waals surface area contributed by atoms with Crippen molar-refractivity contribution in [3.05, 3.63) is 24.0 Å². The van der Waals surface area contributed by atoms with Gasteiger partial charge in [-0.15, -0.1) is 0 Å². The summed E-state index contributed by atoms with van der Waals surface area (Å²) in [5.41, 5.74) is 0.836. The first-order chi connectivity index (χ1) is 6.63. The Labute approximate surface area is 84.1 Å². The predicted octanol–water partition coefficient (Wildman–Crippen LogP) is 3.04. The molecular weight excluding hydrogens is 181 g/mol. The summed E-state index contributed by atoms with van der Waals surface area (Å²) < 4.78 is 18.4. The molecule has 0 aromatic heterocycles. The average Bonchev–Trinajstić information content (AvgIpc) is 2.09. The van der Waals surface area contributed by atoms with Crippen LogP contribution in [0.2, 0.25) is 0 Å². The highest BCUT2D eigenvalue weighted by molar-refractivity contribution is 5.56. The van der Waals surface area contributed by atoms with E-state index in [1.165, 1.54) is 12.1 Å². The predicted molar refractivity (Wildman–Crippen MR) is 56.3 cm³/mol. The fraction of sp³-hybridized carbons (Fsp3) is 0.455. The molecule has 1 N–H and O–H groups in total. The van der Waals surface area contributed by atoms with Crippen LogP contribution >= 0.6 is 0 Å². The smallest absolute Gasteiger partial charge is 0.145 e. The number of hydrogen-bond donors (Lipinski definition) is 1. The highest BCUT2D eigenvalue weighted by Gasteiger charge is 2.05. The van der Waals surface area contributed by atoms with E-state index in [1.54, 1.807) is 6.07 Å². The zero-order valence-electron chi connectivity index (χ0n) is 8.80. The van der Waals surface area contributed by atoms with Crippen molar-refractivity contribution >= 4 is 5.69 Å². The van der Waals surface area contributed by atoms with Crippen LogP contribution in [0.5, 0.6) is 5.75 Å². The van der Waals surface area contributed by atoms with Crippen LogP contribution in [0.3, 0.4) is 0 Å². The number of ether oxygens (including phenoxy) is 1. The summed E-state index contributed by atoms with van der Waals surface area (Å²) in [6.45, 7) is 6.61. The second-order valence-electron chi connectivity index (χ2n) is 3.34. The Kier molecular flexibility index (Phi) is 3.74. The SMILES string of the molecule is CCNc1ccc(F)cc1OC(C)C. The lowest BCUT2D eigenvalue weighted by molar-refractivity contribution is 0.242. The van der Waals surface area contributed by atoms with Gasteiger partial charge in [-0.3, -0.25) is 0 Å². The monoisotopic (exact) mass is 197 g/mol. The lowest BCUT2D eigenvalue weighted by Gasteiger charge is -2.14. The van der Waals surface area contributed by atoms with Gasteiger partial charge in [0.25, 0.3) is 0 Å². The highest BCUT2D eigenvalue weighted by Crippen LogP contribution is 2.26. The molecule has 0 spiro atoms. The van der Waals surface area contributed by atoms with E-state index >= 15 is 0 Å². The molecule has 0 radical (unpaired) electrons. The summed E-state index contributed by atoms with van der Waals surface area (Å²) in [6, 6.07) is 4.51. The molecule has 0 saturated heterocycles. The van der Waals surface area contributed by atoms with E-state index in [-0.39, 0.29) is 11.9 Å². The fourth-order valence-corrected chi connectivity index (χ4v) is 1.18. The highest BCUT2D eigenvalue weighted by atomic mass is 19.1. The lowest BCUT2D eigenvalue weighted by atomic mass is 10.2. The summed E-state index contributed by atoms with van der Waals surface area (Å²) in [5, 5.41) is 3.12. The summed E-state index contributed by atoms with van der Waals surface area (Å²) in [4.78, 5) is 0. The van der Waals surface area contributed by atoms with E-state index in [2.05, 4.69) is 5.32 Å². The van der Waals surface area contributed by atoms with Crippen LogP contribution in [0.25, 0.3) is 0 Å². The number of anilines is 1. The van der Waals surface area contributed by atoms with Crippen molar-refractivity contribution in [1.29, 1.82) is 0 Å². The molecule has 0 fully saturated rings. The Morgan fingerprint density at radius 2 is 2.14 bits per heavy atom. The molecule has 0 amide bonds. The Hall–Kier alpha value is -1.25. The Morgan fingerprint density at radius 1 is 1.43 bits per heavy atom. The third-order valence-electron chi connectivity index (χ3n) is 1.67. The van der Waals surface area contributed by atoms with Crippen molar-refractivity contribution in [2.75, 3.05) is 11.9 Å². The van der Waals surface area contributed by atoms with Gasteiger partial charge in [0.05, 0.1) is 11.8 Å². The van der Waals surface area contributed by atoms with Crippen molar-refractivity contribution in [2.45, 2.75) is 26.9 Å². The van der Waals surface area contributed by atoms with Gasteiger partial charge in [0.15, 0.2) is 0 Å². The molecule has 2 nitrogen and oxygen atoms in total. The van der Waals surface area contributed by atoms with Crippen LogP contribution < -0.4 is 10.1 Å². The Balaban J connectivity index is 2.90. The van der Waals surface area contributed by atoms with E-state index in [9.17, 15) is 4.39 Å². The third-order valence-corrected chi connectivity index (χ3v) is 1.67. The zero-order valence-corrected chi connectivity index (χ0v) is 8.80.